The molecule has 0 aromatic heterocycles. The molecule has 42 valence electrons. The summed E-state index contributed by atoms with van der Waals surface area (Å²) in [5, 5.41) is 1.53. The van der Waals surface area contributed by atoms with Crippen LogP contribution in [0.2, 0.25) is 0 Å². The fraction of sp³-hybridized carbons (Fsp3) is 0. The Bertz CT molecular complexity index is 135. The first-order chi connectivity index (χ1) is 3.89. The van der Waals surface area contributed by atoms with Crippen molar-refractivity contribution in [3.63, 3.8) is 0 Å². The largest absolute Gasteiger partial charge is 0.587 e. The molecule has 1 aliphatic heterocycles. The van der Waals surface area contributed by atoms with E-state index in [-0.39, 0.29) is 0 Å². The van der Waals surface area contributed by atoms with Crippen molar-refractivity contribution in [2.45, 2.75) is 0 Å². The van der Waals surface area contributed by atoms with Crippen molar-refractivity contribution < 1.29 is 4.55 Å². The van der Waals surface area contributed by atoms with Gasteiger partial charge in [-0.25, -0.2) is 0 Å². The quantitative estimate of drug-likeness (QED) is 0.443. The highest BCUT2D eigenvalue weighted by molar-refractivity contribution is 7.93. The van der Waals surface area contributed by atoms with Gasteiger partial charge in [0.25, 0.3) is 0 Å². The van der Waals surface area contributed by atoms with E-state index in [0.717, 1.165) is 0 Å². The third-order valence-corrected chi connectivity index (χ3v) is 1.39. The number of rotatable bonds is 0. The van der Waals surface area contributed by atoms with Crippen LogP contribution in [0.15, 0.2) is 28.0 Å². The molecule has 0 saturated heterocycles. The average Bonchev–Trinajstić information content (AvgIpc) is 1.94. The van der Waals surface area contributed by atoms with Crippen molar-refractivity contribution in [2.24, 2.45) is 4.40 Å². The highest BCUT2D eigenvalue weighted by Crippen LogP contribution is 1.96. The molecule has 1 atom stereocenters. The zero-order valence-electron chi connectivity index (χ0n) is 4.15. The lowest BCUT2D eigenvalue weighted by Crippen LogP contribution is -1.86. The lowest BCUT2D eigenvalue weighted by Gasteiger charge is -1.89. The molecule has 8 heavy (non-hydrogen) atoms. The highest BCUT2D eigenvalue weighted by atomic mass is 32.2. The van der Waals surface area contributed by atoms with E-state index in [1.54, 1.807) is 18.2 Å². The summed E-state index contributed by atoms with van der Waals surface area (Å²) < 4.78 is 14.1. The van der Waals surface area contributed by atoms with Gasteiger partial charge in [0.15, 0.2) is 0 Å². The molecule has 0 fully saturated rings. The second kappa shape index (κ2) is 2.69. The van der Waals surface area contributed by atoms with Gasteiger partial charge in [-0.3, -0.25) is 0 Å². The third kappa shape index (κ3) is 1.52. The lowest BCUT2D eigenvalue weighted by molar-refractivity contribution is 0.605. The van der Waals surface area contributed by atoms with E-state index < -0.39 is 11.4 Å². The first-order valence-corrected chi connectivity index (χ1v) is 3.35. The van der Waals surface area contributed by atoms with Crippen LogP contribution in [0.25, 0.3) is 0 Å². The van der Waals surface area contributed by atoms with Crippen LogP contribution in [-0.4, -0.2) is 10.8 Å². The standard InChI is InChI=1S/C5H5NOS/c7-8-5-3-1-2-4-6-8/h1-5H. The van der Waals surface area contributed by atoms with E-state index in [0.29, 0.717) is 0 Å². The van der Waals surface area contributed by atoms with Crippen LogP contribution in [0.1, 0.15) is 0 Å². The molecule has 1 rings (SSSR count). The maximum atomic E-state index is 10.5. The molecule has 0 N–H and O–H groups in total. The maximum Gasteiger partial charge on any atom is 0.147 e. The second-order valence-corrected chi connectivity index (χ2v) is 2.28. The Kier molecular flexibility index (Phi) is 1.88. The number of hydrogen-bond donors (Lipinski definition) is 0. The fourth-order valence-corrected chi connectivity index (χ4v) is 0.842. The van der Waals surface area contributed by atoms with Gasteiger partial charge in [0.05, 0.1) is 6.21 Å². The van der Waals surface area contributed by atoms with Crippen molar-refractivity contribution in [3.8, 4) is 0 Å². The van der Waals surface area contributed by atoms with Crippen LogP contribution in [0.5, 0.6) is 0 Å². The zero-order chi connectivity index (χ0) is 5.82. The Balaban J connectivity index is 2.66. The van der Waals surface area contributed by atoms with Gasteiger partial charge in [-0.05, 0) is 12.2 Å². The monoisotopic (exact) mass is 127 g/mol. The van der Waals surface area contributed by atoms with Crippen LogP contribution < -0.4 is 0 Å². The Hall–Kier alpha value is -0.540. The van der Waals surface area contributed by atoms with Gasteiger partial charge in [0, 0.05) is 0 Å². The summed E-state index contributed by atoms with van der Waals surface area (Å²) in [6, 6.07) is 0. The van der Waals surface area contributed by atoms with Crippen molar-refractivity contribution in [1.29, 1.82) is 0 Å². The van der Waals surface area contributed by atoms with Gasteiger partial charge < -0.3 is 4.55 Å². The highest BCUT2D eigenvalue weighted by Gasteiger charge is 1.93. The molecule has 3 heteroatoms. The Morgan fingerprint density at radius 3 is 3.00 bits per heavy atom. The number of nitrogens with zero attached hydrogens (tertiary/aromatic N) is 1. The summed E-state index contributed by atoms with van der Waals surface area (Å²) in [7, 11) is 0. The Morgan fingerprint density at radius 2 is 2.12 bits per heavy atom. The maximum absolute atomic E-state index is 10.5. The molecular weight excluding hydrogens is 122 g/mol. The Morgan fingerprint density at radius 1 is 1.25 bits per heavy atom. The molecule has 0 aromatic rings. The number of allylic oxidation sites excluding steroid dienone is 3. The molecule has 1 aliphatic rings. The molecule has 1 unspecified atom stereocenters. The molecule has 0 bridgehead atoms. The van der Waals surface area contributed by atoms with Crippen molar-refractivity contribution >= 4 is 17.6 Å². The van der Waals surface area contributed by atoms with Crippen LogP contribution in [-0.2, 0) is 11.4 Å². The van der Waals surface area contributed by atoms with E-state index in [1.807, 2.05) is 0 Å². The Labute approximate surface area is 50.9 Å². The van der Waals surface area contributed by atoms with Gasteiger partial charge in [-0.1, -0.05) is 10.5 Å². The fourth-order valence-electron chi connectivity index (χ4n) is 0.357. The van der Waals surface area contributed by atoms with Gasteiger partial charge in [0.1, 0.15) is 16.8 Å². The smallest absolute Gasteiger partial charge is 0.147 e. The van der Waals surface area contributed by atoms with Crippen LogP contribution >= 0.6 is 0 Å². The molecule has 2 nitrogen and oxygen atoms in total. The first-order valence-electron chi connectivity index (χ1n) is 2.18. The van der Waals surface area contributed by atoms with Crippen molar-refractivity contribution in [1.82, 2.24) is 0 Å². The summed E-state index contributed by atoms with van der Waals surface area (Å²) in [5.74, 6) is 0. The molecule has 0 aliphatic carbocycles. The van der Waals surface area contributed by atoms with Gasteiger partial charge in [-0.15, -0.1) is 0 Å². The van der Waals surface area contributed by atoms with Crippen molar-refractivity contribution in [2.75, 3.05) is 0 Å². The SMILES string of the molecule is [O-][S+]1C=CC=CC=N1. The predicted molar refractivity (Wildman–Crippen MR) is 34.9 cm³/mol. The number of hydrogen-bond acceptors (Lipinski definition) is 2. The van der Waals surface area contributed by atoms with E-state index >= 15 is 0 Å². The molecule has 1 heterocycles. The summed E-state index contributed by atoms with van der Waals surface area (Å²) in [4.78, 5) is 0. The van der Waals surface area contributed by atoms with Gasteiger partial charge in [0.2, 0.25) is 0 Å². The van der Waals surface area contributed by atoms with Gasteiger partial charge in [-0.2, -0.15) is 0 Å². The van der Waals surface area contributed by atoms with Crippen LogP contribution in [0.3, 0.4) is 0 Å². The topological polar surface area (TPSA) is 35.4 Å². The normalized spacial score (nSPS) is 25.9. The molecular formula is C5H5NOS. The van der Waals surface area contributed by atoms with Crippen LogP contribution in [0, 0.1) is 0 Å². The predicted octanol–water partition coefficient (Wildman–Crippen LogP) is 0.804. The first kappa shape index (κ1) is 5.59. The lowest BCUT2D eigenvalue weighted by atomic mass is 10.5. The summed E-state index contributed by atoms with van der Waals surface area (Å²) in [6.07, 6.45) is 6.76. The van der Waals surface area contributed by atoms with E-state index in [1.165, 1.54) is 11.6 Å². The molecule has 0 amide bonds. The zero-order valence-corrected chi connectivity index (χ0v) is 4.97. The van der Waals surface area contributed by atoms with E-state index in [2.05, 4.69) is 4.40 Å². The molecule has 0 saturated carbocycles. The molecule has 0 radical (unpaired) electrons. The van der Waals surface area contributed by atoms with E-state index in [4.69, 9.17) is 0 Å². The summed E-state index contributed by atoms with van der Waals surface area (Å²) >= 11 is -1.13. The van der Waals surface area contributed by atoms with Gasteiger partial charge >= 0.3 is 0 Å². The summed E-state index contributed by atoms with van der Waals surface area (Å²) in [6.45, 7) is 0. The van der Waals surface area contributed by atoms with Crippen molar-refractivity contribution in [3.05, 3.63) is 23.6 Å². The average molecular weight is 127 g/mol. The summed E-state index contributed by atoms with van der Waals surface area (Å²) in [5.41, 5.74) is 0. The van der Waals surface area contributed by atoms with E-state index in [9.17, 15) is 4.55 Å². The molecule has 0 aromatic carbocycles. The second-order valence-electron chi connectivity index (χ2n) is 1.24. The minimum Gasteiger partial charge on any atom is -0.587 e. The molecule has 0 spiro atoms. The minimum atomic E-state index is -1.13. The minimum absolute atomic E-state index is 1.13. The third-order valence-electron chi connectivity index (χ3n) is 0.668. The van der Waals surface area contributed by atoms with Crippen LogP contribution in [0.4, 0.5) is 0 Å².